The molecule has 0 fully saturated rings. The zero-order valence-electron chi connectivity index (χ0n) is 11.9. The Kier molecular flexibility index (Phi) is 4.76. The number of aryl methyl sites for hydroxylation is 1. The summed E-state index contributed by atoms with van der Waals surface area (Å²) in [6.45, 7) is 10.5. The first-order valence-electron chi connectivity index (χ1n) is 6.24. The van der Waals surface area contributed by atoms with Crippen LogP contribution in [-0.4, -0.2) is 19.2 Å². The second kappa shape index (κ2) is 5.89. The van der Waals surface area contributed by atoms with Crippen LogP contribution in [0.25, 0.3) is 0 Å². The standard InChI is InChI=1S/C15H22O3/c1-6-17-14(16)10-18-13-8-7-11(2)9-12(13)15(3,4)5/h7-9H,6,10H2,1-5H3. The fourth-order valence-corrected chi connectivity index (χ4v) is 1.70. The number of carbonyl (C=O) groups excluding carboxylic acids is 1. The van der Waals surface area contributed by atoms with E-state index in [-0.39, 0.29) is 18.0 Å². The number of hydrogen-bond donors (Lipinski definition) is 0. The molecule has 0 saturated heterocycles. The van der Waals surface area contributed by atoms with Crippen molar-refractivity contribution in [3.8, 4) is 5.75 Å². The van der Waals surface area contributed by atoms with Crippen molar-refractivity contribution in [2.24, 2.45) is 0 Å². The SMILES string of the molecule is CCOC(=O)COc1ccc(C)cc1C(C)(C)C. The van der Waals surface area contributed by atoms with E-state index < -0.39 is 0 Å². The summed E-state index contributed by atoms with van der Waals surface area (Å²) >= 11 is 0. The topological polar surface area (TPSA) is 35.5 Å². The van der Waals surface area contributed by atoms with Gasteiger partial charge in [-0.05, 0) is 30.9 Å². The molecule has 1 rings (SSSR count). The minimum absolute atomic E-state index is 0.0178. The summed E-state index contributed by atoms with van der Waals surface area (Å²) in [4.78, 5) is 11.3. The lowest BCUT2D eigenvalue weighted by Gasteiger charge is -2.23. The fourth-order valence-electron chi connectivity index (χ4n) is 1.70. The molecule has 18 heavy (non-hydrogen) atoms. The Hall–Kier alpha value is -1.51. The third-order valence-electron chi connectivity index (χ3n) is 2.59. The van der Waals surface area contributed by atoms with Crippen LogP contribution < -0.4 is 4.74 Å². The van der Waals surface area contributed by atoms with Crippen LogP contribution in [0.15, 0.2) is 18.2 Å². The molecule has 1 aromatic carbocycles. The largest absolute Gasteiger partial charge is 0.482 e. The van der Waals surface area contributed by atoms with E-state index in [2.05, 4.69) is 26.8 Å². The molecule has 0 N–H and O–H groups in total. The normalized spacial score (nSPS) is 11.2. The van der Waals surface area contributed by atoms with Crippen molar-refractivity contribution in [2.75, 3.05) is 13.2 Å². The van der Waals surface area contributed by atoms with Crippen molar-refractivity contribution in [1.29, 1.82) is 0 Å². The average molecular weight is 250 g/mol. The van der Waals surface area contributed by atoms with Crippen molar-refractivity contribution in [2.45, 2.75) is 40.0 Å². The van der Waals surface area contributed by atoms with Gasteiger partial charge in [0, 0.05) is 0 Å². The summed E-state index contributed by atoms with van der Waals surface area (Å²) < 4.78 is 10.4. The first kappa shape index (κ1) is 14.6. The summed E-state index contributed by atoms with van der Waals surface area (Å²) in [5.74, 6) is 0.416. The van der Waals surface area contributed by atoms with Crippen LogP contribution in [0.1, 0.15) is 38.8 Å². The summed E-state index contributed by atoms with van der Waals surface area (Å²) in [6.07, 6.45) is 0. The van der Waals surface area contributed by atoms with E-state index in [0.717, 1.165) is 11.3 Å². The number of hydrogen-bond acceptors (Lipinski definition) is 3. The zero-order valence-corrected chi connectivity index (χ0v) is 11.9. The molecule has 0 spiro atoms. The minimum atomic E-state index is -0.335. The van der Waals surface area contributed by atoms with Crippen molar-refractivity contribution in [3.63, 3.8) is 0 Å². The van der Waals surface area contributed by atoms with Crippen LogP contribution in [0.5, 0.6) is 5.75 Å². The van der Waals surface area contributed by atoms with Gasteiger partial charge in [0.2, 0.25) is 0 Å². The van der Waals surface area contributed by atoms with Crippen LogP contribution in [-0.2, 0) is 14.9 Å². The van der Waals surface area contributed by atoms with Gasteiger partial charge in [-0.3, -0.25) is 0 Å². The van der Waals surface area contributed by atoms with Gasteiger partial charge in [0.15, 0.2) is 6.61 Å². The summed E-state index contributed by atoms with van der Waals surface area (Å²) in [5, 5.41) is 0. The molecular weight excluding hydrogens is 228 g/mol. The fraction of sp³-hybridized carbons (Fsp3) is 0.533. The molecule has 0 unspecified atom stereocenters. The molecule has 0 aliphatic heterocycles. The quantitative estimate of drug-likeness (QED) is 0.770. The van der Waals surface area contributed by atoms with E-state index in [0.29, 0.717) is 6.61 Å². The van der Waals surface area contributed by atoms with Gasteiger partial charge in [-0.15, -0.1) is 0 Å². The maximum Gasteiger partial charge on any atom is 0.344 e. The summed E-state index contributed by atoms with van der Waals surface area (Å²) in [5.41, 5.74) is 2.27. The highest BCUT2D eigenvalue weighted by Crippen LogP contribution is 2.32. The molecule has 0 aliphatic carbocycles. The van der Waals surface area contributed by atoms with Gasteiger partial charge in [-0.25, -0.2) is 4.79 Å². The van der Waals surface area contributed by atoms with Gasteiger partial charge < -0.3 is 9.47 Å². The van der Waals surface area contributed by atoms with Gasteiger partial charge >= 0.3 is 5.97 Å². The van der Waals surface area contributed by atoms with E-state index in [9.17, 15) is 4.79 Å². The molecule has 3 nitrogen and oxygen atoms in total. The monoisotopic (exact) mass is 250 g/mol. The number of rotatable bonds is 4. The number of esters is 1. The van der Waals surface area contributed by atoms with Gasteiger partial charge in [-0.1, -0.05) is 38.5 Å². The second-order valence-electron chi connectivity index (χ2n) is 5.34. The maximum absolute atomic E-state index is 11.3. The van der Waals surface area contributed by atoms with Gasteiger partial charge in [0.1, 0.15) is 5.75 Å². The minimum Gasteiger partial charge on any atom is -0.482 e. The highest BCUT2D eigenvalue weighted by molar-refractivity contribution is 5.71. The lowest BCUT2D eigenvalue weighted by molar-refractivity contribution is -0.145. The van der Waals surface area contributed by atoms with E-state index in [1.807, 2.05) is 19.1 Å². The average Bonchev–Trinajstić information content (AvgIpc) is 2.26. The predicted octanol–water partition coefficient (Wildman–Crippen LogP) is 3.23. The Morgan fingerprint density at radius 2 is 1.94 bits per heavy atom. The molecule has 1 aromatic rings. The highest BCUT2D eigenvalue weighted by atomic mass is 16.6. The molecule has 0 heterocycles. The van der Waals surface area contributed by atoms with Gasteiger partial charge in [0.05, 0.1) is 6.61 Å². The summed E-state index contributed by atoms with van der Waals surface area (Å²) in [7, 11) is 0. The first-order valence-corrected chi connectivity index (χ1v) is 6.24. The first-order chi connectivity index (χ1) is 8.34. The van der Waals surface area contributed by atoms with E-state index in [1.165, 1.54) is 5.56 Å². The maximum atomic E-state index is 11.3. The molecule has 0 radical (unpaired) electrons. The van der Waals surface area contributed by atoms with Crippen molar-refractivity contribution in [3.05, 3.63) is 29.3 Å². The van der Waals surface area contributed by atoms with E-state index in [1.54, 1.807) is 6.92 Å². The predicted molar refractivity (Wildman–Crippen MR) is 72.0 cm³/mol. The van der Waals surface area contributed by atoms with Crippen molar-refractivity contribution in [1.82, 2.24) is 0 Å². The molecule has 0 aromatic heterocycles. The molecule has 0 atom stereocenters. The van der Waals surface area contributed by atoms with E-state index >= 15 is 0 Å². The molecule has 0 aliphatic rings. The Morgan fingerprint density at radius 3 is 2.50 bits per heavy atom. The molecular formula is C15H22O3. The van der Waals surface area contributed by atoms with Gasteiger partial charge in [0.25, 0.3) is 0 Å². The van der Waals surface area contributed by atoms with E-state index in [4.69, 9.17) is 9.47 Å². The number of carbonyl (C=O) groups is 1. The summed E-state index contributed by atoms with van der Waals surface area (Å²) in [6, 6.07) is 5.99. The van der Waals surface area contributed by atoms with Crippen LogP contribution in [0, 0.1) is 6.92 Å². The lowest BCUT2D eigenvalue weighted by Crippen LogP contribution is -2.18. The van der Waals surface area contributed by atoms with Crippen LogP contribution in [0.4, 0.5) is 0 Å². The number of benzene rings is 1. The van der Waals surface area contributed by atoms with Crippen LogP contribution >= 0.6 is 0 Å². The Bertz CT molecular complexity index is 416. The van der Waals surface area contributed by atoms with Gasteiger partial charge in [-0.2, -0.15) is 0 Å². The van der Waals surface area contributed by atoms with Crippen LogP contribution in [0.2, 0.25) is 0 Å². The molecule has 3 heteroatoms. The van der Waals surface area contributed by atoms with Crippen molar-refractivity contribution < 1.29 is 14.3 Å². The van der Waals surface area contributed by atoms with Crippen LogP contribution in [0.3, 0.4) is 0 Å². The molecule has 0 amide bonds. The molecule has 0 saturated carbocycles. The third-order valence-corrected chi connectivity index (χ3v) is 2.59. The smallest absolute Gasteiger partial charge is 0.344 e. The lowest BCUT2D eigenvalue weighted by atomic mass is 9.85. The highest BCUT2D eigenvalue weighted by Gasteiger charge is 2.19. The third kappa shape index (κ3) is 4.06. The molecule has 0 bridgehead atoms. The number of ether oxygens (including phenoxy) is 2. The Labute approximate surface area is 109 Å². The second-order valence-corrected chi connectivity index (χ2v) is 5.34. The Morgan fingerprint density at radius 1 is 1.28 bits per heavy atom. The molecule has 100 valence electrons. The zero-order chi connectivity index (χ0) is 13.8. The van der Waals surface area contributed by atoms with Crippen molar-refractivity contribution >= 4 is 5.97 Å². The Balaban J connectivity index is 2.85.